The molecule has 1 aromatic heterocycles. The maximum Gasteiger partial charge on any atom is 0.325 e. The molecule has 1 atom stereocenters. The van der Waals surface area contributed by atoms with Crippen molar-refractivity contribution in [1.29, 1.82) is 0 Å². The molecule has 2 aromatic carbocycles. The van der Waals surface area contributed by atoms with Gasteiger partial charge in [-0.3, -0.25) is 19.3 Å². The lowest BCUT2D eigenvalue weighted by molar-refractivity contribution is -0.134. The highest BCUT2D eigenvalue weighted by Gasteiger charge is 2.49. The number of imide groups is 1. The summed E-state index contributed by atoms with van der Waals surface area (Å²) in [6.07, 6.45) is 0. The summed E-state index contributed by atoms with van der Waals surface area (Å²) in [7, 11) is 0. The minimum atomic E-state index is -1.28. The smallest absolute Gasteiger partial charge is 0.325 e. The SMILES string of the molecule is C[C@@]1(c2ccc3ccccc3c2)NC(=O)N(CC(=O)NCc2ccc(C(N)=O)o2)C1=O. The lowest BCUT2D eigenvalue weighted by atomic mass is 9.90. The summed E-state index contributed by atoms with van der Waals surface area (Å²) in [5.74, 6) is -1.49. The number of nitrogens with one attached hydrogen (secondary N) is 2. The Morgan fingerprint density at radius 3 is 2.55 bits per heavy atom. The Bertz CT molecular complexity index is 1220. The number of rotatable bonds is 6. The van der Waals surface area contributed by atoms with E-state index >= 15 is 0 Å². The summed E-state index contributed by atoms with van der Waals surface area (Å²) in [4.78, 5) is 49.8. The largest absolute Gasteiger partial charge is 0.454 e. The number of fused-ring (bicyclic) bond motifs is 1. The first-order valence-electron chi connectivity index (χ1n) is 9.56. The summed E-state index contributed by atoms with van der Waals surface area (Å²) in [5, 5.41) is 7.20. The molecular formula is C22H20N4O5. The number of amides is 5. The van der Waals surface area contributed by atoms with Crippen LogP contribution in [0.1, 0.15) is 28.8 Å². The van der Waals surface area contributed by atoms with Gasteiger partial charge in [0, 0.05) is 0 Å². The maximum absolute atomic E-state index is 13.1. The number of hydrogen-bond acceptors (Lipinski definition) is 5. The molecule has 1 fully saturated rings. The van der Waals surface area contributed by atoms with E-state index in [9.17, 15) is 19.2 Å². The van der Waals surface area contributed by atoms with Crippen molar-refractivity contribution < 1.29 is 23.6 Å². The molecule has 9 nitrogen and oxygen atoms in total. The van der Waals surface area contributed by atoms with Crippen molar-refractivity contribution in [2.24, 2.45) is 5.73 Å². The molecule has 0 radical (unpaired) electrons. The molecule has 3 aromatic rings. The number of nitrogens with zero attached hydrogens (tertiary/aromatic N) is 1. The second-order valence-electron chi connectivity index (χ2n) is 7.42. The zero-order valence-corrected chi connectivity index (χ0v) is 16.7. The number of carbonyl (C=O) groups excluding carboxylic acids is 4. The second-order valence-corrected chi connectivity index (χ2v) is 7.42. The Morgan fingerprint density at radius 2 is 1.84 bits per heavy atom. The quantitative estimate of drug-likeness (QED) is 0.521. The lowest BCUT2D eigenvalue weighted by Crippen LogP contribution is -2.43. The molecule has 0 bridgehead atoms. The van der Waals surface area contributed by atoms with Crippen LogP contribution in [0.25, 0.3) is 10.8 Å². The Hall–Kier alpha value is -4.14. The van der Waals surface area contributed by atoms with Crippen LogP contribution in [0.15, 0.2) is 59.0 Å². The molecule has 0 unspecified atom stereocenters. The molecule has 1 aliphatic heterocycles. The van der Waals surface area contributed by atoms with Crippen molar-refractivity contribution >= 4 is 34.5 Å². The topological polar surface area (TPSA) is 135 Å². The highest BCUT2D eigenvalue weighted by Crippen LogP contribution is 2.30. The van der Waals surface area contributed by atoms with Gasteiger partial charge in [0.25, 0.3) is 11.8 Å². The highest BCUT2D eigenvalue weighted by atomic mass is 16.4. The number of benzene rings is 2. The molecule has 1 saturated heterocycles. The van der Waals surface area contributed by atoms with Gasteiger partial charge in [-0.2, -0.15) is 0 Å². The minimum absolute atomic E-state index is 0.0162. The van der Waals surface area contributed by atoms with Crippen molar-refractivity contribution in [3.8, 4) is 0 Å². The molecule has 4 N–H and O–H groups in total. The van der Waals surface area contributed by atoms with E-state index in [1.54, 1.807) is 13.0 Å². The number of carbonyl (C=O) groups is 4. The summed E-state index contributed by atoms with van der Waals surface area (Å²) in [6, 6.07) is 15.5. The fourth-order valence-corrected chi connectivity index (χ4v) is 3.53. The van der Waals surface area contributed by atoms with E-state index in [2.05, 4.69) is 10.6 Å². The number of urea groups is 1. The fourth-order valence-electron chi connectivity index (χ4n) is 3.53. The van der Waals surface area contributed by atoms with Gasteiger partial charge in [0.15, 0.2) is 5.76 Å². The Balaban J connectivity index is 1.45. The first-order chi connectivity index (χ1) is 14.8. The summed E-state index contributed by atoms with van der Waals surface area (Å²) < 4.78 is 5.18. The standard InChI is InChI=1S/C22H20N4O5/c1-22(15-7-6-13-4-2-3-5-14(13)10-15)20(29)26(21(30)25-22)12-18(27)24-11-16-8-9-17(31-16)19(23)28/h2-10H,11-12H2,1H3,(H2,23,28)(H,24,27)(H,25,30)/t22-/m0/s1. The Morgan fingerprint density at radius 1 is 1.10 bits per heavy atom. The minimum Gasteiger partial charge on any atom is -0.454 e. The third-order valence-electron chi connectivity index (χ3n) is 5.27. The van der Waals surface area contributed by atoms with Gasteiger partial charge in [-0.15, -0.1) is 0 Å². The molecule has 4 rings (SSSR count). The zero-order chi connectivity index (χ0) is 22.2. The molecule has 0 aliphatic carbocycles. The molecular weight excluding hydrogens is 400 g/mol. The average Bonchev–Trinajstić information content (AvgIpc) is 3.31. The molecule has 5 amide bonds. The van der Waals surface area contributed by atoms with Crippen molar-refractivity contribution in [1.82, 2.24) is 15.5 Å². The van der Waals surface area contributed by atoms with Crippen LogP contribution in [-0.2, 0) is 21.7 Å². The zero-order valence-electron chi connectivity index (χ0n) is 16.7. The molecule has 2 heterocycles. The van der Waals surface area contributed by atoms with Crippen molar-refractivity contribution in [2.45, 2.75) is 19.0 Å². The molecule has 0 saturated carbocycles. The van der Waals surface area contributed by atoms with Crippen LogP contribution >= 0.6 is 0 Å². The fraction of sp³-hybridized carbons (Fsp3) is 0.182. The van der Waals surface area contributed by atoms with Gasteiger partial charge in [0.05, 0.1) is 6.54 Å². The summed E-state index contributed by atoms with van der Waals surface area (Å²) in [6.45, 7) is 1.15. The van der Waals surface area contributed by atoms with Crippen LogP contribution in [0.4, 0.5) is 4.79 Å². The molecule has 0 spiro atoms. The van der Waals surface area contributed by atoms with Gasteiger partial charge in [0.1, 0.15) is 17.8 Å². The van der Waals surface area contributed by atoms with Crippen LogP contribution in [-0.4, -0.2) is 35.2 Å². The van der Waals surface area contributed by atoms with Crippen LogP contribution in [0.2, 0.25) is 0 Å². The molecule has 31 heavy (non-hydrogen) atoms. The van der Waals surface area contributed by atoms with Gasteiger partial charge in [-0.25, -0.2) is 4.79 Å². The van der Waals surface area contributed by atoms with E-state index in [-0.39, 0.29) is 12.3 Å². The Labute approximate surface area is 177 Å². The normalized spacial score (nSPS) is 18.3. The average molecular weight is 420 g/mol. The summed E-state index contributed by atoms with van der Waals surface area (Å²) in [5.41, 5.74) is 4.47. The van der Waals surface area contributed by atoms with Gasteiger partial charge in [0.2, 0.25) is 5.91 Å². The number of hydrogen-bond donors (Lipinski definition) is 3. The van der Waals surface area contributed by atoms with E-state index in [0.717, 1.165) is 15.7 Å². The first kappa shape index (κ1) is 20.1. The van der Waals surface area contributed by atoms with E-state index in [4.69, 9.17) is 10.2 Å². The van der Waals surface area contributed by atoms with Crippen molar-refractivity contribution in [2.75, 3.05) is 6.54 Å². The monoisotopic (exact) mass is 420 g/mol. The van der Waals surface area contributed by atoms with Crippen LogP contribution in [0.3, 0.4) is 0 Å². The molecule has 1 aliphatic rings. The lowest BCUT2D eigenvalue weighted by Gasteiger charge is -2.22. The third kappa shape index (κ3) is 3.73. The van der Waals surface area contributed by atoms with E-state index in [1.807, 2.05) is 36.4 Å². The number of furan rings is 1. The van der Waals surface area contributed by atoms with Gasteiger partial charge in [-0.1, -0.05) is 36.4 Å². The van der Waals surface area contributed by atoms with E-state index < -0.39 is 35.8 Å². The van der Waals surface area contributed by atoms with E-state index in [1.165, 1.54) is 12.1 Å². The van der Waals surface area contributed by atoms with Gasteiger partial charge < -0.3 is 20.8 Å². The predicted molar refractivity (Wildman–Crippen MR) is 111 cm³/mol. The highest BCUT2D eigenvalue weighted by molar-refractivity contribution is 6.09. The molecule has 9 heteroatoms. The maximum atomic E-state index is 13.1. The molecule has 158 valence electrons. The van der Waals surface area contributed by atoms with Crippen LogP contribution in [0, 0.1) is 0 Å². The summed E-state index contributed by atoms with van der Waals surface area (Å²) >= 11 is 0. The van der Waals surface area contributed by atoms with Gasteiger partial charge >= 0.3 is 6.03 Å². The van der Waals surface area contributed by atoms with Crippen molar-refractivity contribution in [3.05, 3.63) is 71.7 Å². The second kappa shape index (κ2) is 7.60. The predicted octanol–water partition coefficient (Wildman–Crippen LogP) is 1.62. The first-order valence-corrected chi connectivity index (χ1v) is 9.56. The number of primary amides is 1. The van der Waals surface area contributed by atoms with Crippen LogP contribution < -0.4 is 16.4 Å². The number of nitrogens with two attached hydrogens (primary N) is 1. The third-order valence-corrected chi connectivity index (χ3v) is 5.27. The van der Waals surface area contributed by atoms with Crippen molar-refractivity contribution in [3.63, 3.8) is 0 Å². The van der Waals surface area contributed by atoms with Crippen LogP contribution in [0.5, 0.6) is 0 Å². The van der Waals surface area contributed by atoms with E-state index in [0.29, 0.717) is 11.3 Å². The van der Waals surface area contributed by atoms with Gasteiger partial charge in [-0.05, 0) is 41.5 Å². The Kier molecular flexibility index (Phi) is 4.94.